The summed E-state index contributed by atoms with van der Waals surface area (Å²) in [6, 6.07) is 5.46. The normalized spacial score (nSPS) is 12.1. The van der Waals surface area contributed by atoms with Gasteiger partial charge in [-0.2, -0.15) is 13.4 Å². The third kappa shape index (κ3) is 3.65. The van der Waals surface area contributed by atoms with Crippen molar-refractivity contribution in [2.24, 2.45) is 26.6 Å². The maximum absolute atomic E-state index is 11.7. The first-order chi connectivity index (χ1) is 7.81. The van der Waals surface area contributed by atoms with Crippen LogP contribution < -0.4 is 22.9 Å². The molecule has 17 heavy (non-hydrogen) atoms. The van der Waals surface area contributed by atoms with Gasteiger partial charge in [0, 0.05) is 5.69 Å². The molecule has 0 fully saturated rings. The number of anilines is 1. The quantitative estimate of drug-likeness (QED) is 0.287. The van der Waals surface area contributed by atoms with Crippen molar-refractivity contribution in [2.45, 2.75) is 4.90 Å². The maximum Gasteiger partial charge on any atom is 0.285 e. The number of hydrogen-bond acceptors (Lipinski definition) is 3. The maximum atomic E-state index is 11.7. The van der Waals surface area contributed by atoms with Crippen LogP contribution in [0.5, 0.6) is 0 Å². The van der Waals surface area contributed by atoms with Gasteiger partial charge in [0.2, 0.25) is 5.96 Å². The molecule has 0 unspecified atom stereocenters. The molecule has 1 aromatic rings. The van der Waals surface area contributed by atoms with Gasteiger partial charge in [0.1, 0.15) is 0 Å². The minimum absolute atomic E-state index is 0.0551. The number of benzene rings is 1. The van der Waals surface area contributed by atoms with Crippen LogP contribution in [-0.2, 0) is 10.0 Å². The van der Waals surface area contributed by atoms with E-state index in [1.165, 1.54) is 24.3 Å². The summed E-state index contributed by atoms with van der Waals surface area (Å²) < 4.78 is 26.6. The molecule has 1 rings (SSSR count). The topological polar surface area (TPSA) is 163 Å². The number of guanidine groups is 2. The van der Waals surface area contributed by atoms with Gasteiger partial charge in [0.25, 0.3) is 10.0 Å². The van der Waals surface area contributed by atoms with Gasteiger partial charge < -0.3 is 22.9 Å². The summed E-state index contributed by atoms with van der Waals surface area (Å²) in [5.41, 5.74) is 21.1. The summed E-state index contributed by atoms with van der Waals surface area (Å²) in [6.07, 6.45) is 0. The second-order valence-electron chi connectivity index (χ2n) is 3.03. The lowest BCUT2D eigenvalue weighted by Gasteiger charge is -1.99. The zero-order valence-electron chi connectivity index (χ0n) is 8.74. The number of aliphatic imine (C=N–C) groups is 1. The fourth-order valence-electron chi connectivity index (χ4n) is 0.968. The third-order valence-corrected chi connectivity index (χ3v) is 2.93. The van der Waals surface area contributed by atoms with Gasteiger partial charge in [0.15, 0.2) is 5.96 Å². The number of hydrogen-bond donors (Lipinski definition) is 4. The highest BCUT2D eigenvalue weighted by molar-refractivity contribution is 7.90. The van der Waals surface area contributed by atoms with E-state index >= 15 is 0 Å². The number of nitrogens with zero attached hydrogens (tertiary/aromatic N) is 2. The Morgan fingerprint density at radius 3 is 2.06 bits per heavy atom. The zero-order chi connectivity index (χ0) is 13.1. The van der Waals surface area contributed by atoms with E-state index in [1.54, 1.807) is 0 Å². The Morgan fingerprint density at radius 1 is 1.06 bits per heavy atom. The molecule has 0 spiro atoms. The highest BCUT2D eigenvalue weighted by atomic mass is 32.2. The van der Waals surface area contributed by atoms with Crippen LogP contribution in [0.3, 0.4) is 0 Å². The Bertz CT molecular complexity index is 556. The number of sulfonamides is 1. The van der Waals surface area contributed by atoms with Crippen molar-refractivity contribution in [3.63, 3.8) is 0 Å². The predicted molar refractivity (Wildman–Crippen MR) is 65.5 cm³/mol. The van der Waals surface area contributed by atoms with Crippen molar-refractivity contribution in [1.29, 1.82) is 0 Å². The Hall–Kier alpha value is -2.29. The summed E-state index contributed by atoms with van der Waals surface area (Å²) in [5.74, 6) is -0.916. The summed E-state index contributed by atoms with van der Waals surface area (Å²) in [5, 5.41) is 0. The molecule has 0 aliphatic rings. The van der Waals surface area contributed by atoms with Crippen LogP contribution in [0.15, 0.2) is 38.6 Å². The Labute approximate surface area is 98.1 Å². The van der Waals surface area contributed by atoms with E-state index in [9.17, 15) is 8.42 Å². The average molecular weight is 256 g/mol. The monoisotopic (exact) mass is 256 g/mol. The largest absolute Gasteiger partial charge is 0.399 e. The molecule has 8 N–H and O–H groups in total. The van der Waals surface area contributed by atoms with Crippen molar-refractivity contribution in [3.05, 3.63) is 24.3 Å². The summed E-state index contributed by atoms with van der Waals surface area (Å²) in [6.45, 7) is 0. The molecule has 0 saturated heterocycles. The van der Waals surface area contributed by atoms with Crippen LogP contribution in [0, 0.1) is 0 Å². The first-order valence-electron chi connectivity index (χ1n) is 4.37. The van der Waals surface area contributed by atoms with Gasteiger partial charge in [-0.05, 0) is 24.3 Å². The molecule has 9 heteroatoms. The Morgan fingerprint density at radius 2 is 1.59 bits per heavy atom. The molecule has 1 aromatic carbocycles. The van der Waals surface area contributed by atoms with Gasteiger partial charge in [-0.15, -0.1) is 4.40 Å². The third-order valence-electron chi connectivity index (χ3n) is 1.64. The molecular formula is C8H12N6O2S. The van der Waals surface area contributed by atoms with E-state index in [1.807, 2.05) is 0 Å². The molecule has 0 aromatic heterocycles. The van der Waals surface area contributed by atoms with Crippen molar-refractivity contribution in [2.75, 3.05) is 5.73 Å². The van der Waals surface area contributed by atoms with E-state index < -0.39 is 16.0 Å². The van der Waals surface area contributed by atoms with Crippen molar-refractivity contribution in [1.82, 2.24) is 0 Å². The molecule has 0 bridgehead atoms. The highest BCUT2D eigenvalue weighted by Gasteiger charge is 2.12. The Balaban J connectivity index is 3.13. The van der Waals surface area contributed by atoms with Crippen molar-refractivity contribution >= 4 is 27.6 Å². The highest BCUT2D eigenvalue weighted by Crippen LogP contribution is 2.14. The molecular weight excluding hydrogens is 244 g/mol. The molecule has 8 nitrogen and oxygen atoms in total. The number of nitrogens with two attached hydrogens (primary N) is 4. The molecule has 0 saturated carbocycles. The summed E-state index contributed by atoms with van der Waals surface area (Å²) >= 11 is 0. The van der Waals surface area contributed by atoms with Crippen LogP contribution in [0.1, 0.15) is 0 Å². The predicted octanol–water partition coefficient (Wildman–Crippen LogP) is -1.45. The molecule has 0 aliphatic heterocycles. The fourth-order valence-corrected chi connectivity index (χ4v) is 1.84. The van der Waals surface area contributed by atoms with Crippen LogP contribution in [0.4, 0.5) is 5.69 Å². The standard InChI is InChI=1S/C8H12N6O2S/c9-5-1-3-6(4-2-5)17(15,16)14-8(12)13-7(10)11/h1-4H,9H2,(H6,10,11,12,13,14). The zero-order valence-corrected chi connectivity index (χ0v) is 9.55. The first kappa shape index (κ1) is 12.8. The van der Waals surface area contributed by atoms with Crippen LogP contribution in [0.2, 0.25) is 0 Å². The lowest BCUT2D eigenvalue weighted by Crippen LogP contribution is -2.26. The molecule has 0 heterocycles. The lowest BCUT2D eigenvalue weighted by molar-refractivity contribution is 0.598. The van der Waals surface area contributed by atoms with Gasteiger partial charge in [-0.3, -0.25) is 0 Å². The van der Waals surface area contributed by atoms with E-state index in [-0.39, 0.29) is 10.9 Å². The lowest BCUT2D eigenvalue weighted by atomic mass is 10.3. The molecule has 0 aliphatic carbocycles. The van der Waals surface area contributed by atoms with E-state index in [0.717, 1.165) is 0 Å². The minimum Gasteiger partial charge on any atom is -0.399 e. The Kier molecular flexibility index (Phi) is 3.53. The second-order valence-corrected chi connectivity index (χ2v) is 4.63. The average Bonchev–Trinajstić information content (AvgIpc) is 2.15. The van der Waals surface area contributed by atoms with Gasteiger partial charge in [0.05, 0.1) is 4.90 Å². The van der Waals surface area contributed by atoms with Gasteiger partial charge in [-0.1, -0.05) is 0 Å². The van der Waals surface area contributed by atoms with Crippen LogP contribution >= 0.6 is 0 Å². The molecule has 92 valence electrons. The number of rotatable bonds is 2. The summed E-state index contributed by atoms with van der Waals surface area (Å²) in [4.78, 5) is 3.25. The first-order valence-corrected chi connectivity index (χ1v) is 5.81. The van der Waals surface area contributed by atoms with Crippen LogP contribution in [-0.4, -0.2) is 20.3 Å². The SMILES string of the molecule is NC(N)=N/C(N)=N\S(=O)(=O)c1ccc(N)cc1. The molecule has 0 amide bonds. The summed E-state index contributed by atoms with van der Waals surface area (Å²) in [7, 11) is -3.93. The van der Waals surface area contributed by atoms with Crippen molar-refractivity contribution in [3.8, 4) is 0 Å². The van der Waals surface area contributed by atoms with E-state index in [4.69, 9.17) is 22.9 Å². The number of nitrogen functional groups attached to an aromatic ring is 1. The fraction of sp³-hybridized carbons (Fsp3) is 0. The molecule has 0 atom stereocenters. The van der Waals surface area contributed by atoms with E-state index in [2.05, 4.69) is 9.39 Å². The molecule has 0 radical (unpaired) electrons. The van der Waals surface area contributed by atoms with Crippen LogP contribution in [0.25, 0.3) is 0 Å². The second kappa shape index (κ2) is 4.70. The van der Waals surface area contributed by atoms with Gasteiger partial charge >= 0.3 is 0 Å². The minimum atomic E-state index is -3.93. The smallest absolute Gasteiger partial charge is 0.285 e. The van der Waals surface area contributed by atoms with Crippen molar-refractivity contribution < 1.29 is 8.42 Å². The van der Waals surface area contributed by atoms with E-state index in [0.29, 0.717) is 5.69 Å². The van der Waals surface area contributed by atoms with Gasteiger partial charge in [-0.25, -0.2) is 0 Å².